The molecule has 1 aromatic heterocycles. The molecule has 1 aliphatic heterocycles. The molecule has 0 unspecified atom stereocenters. The number of nitrogens with one attached hydrogen (secondary N) is 1. The lowest BCUT2D eigenvalue weighted by atomic mass is 9.81. The van der Waals surface area contributed by atoms with Gasteiger partial charge >= 0.3 is 0 Å². The third kappa shape index (κ3) is 4.45. The minimum atomic E-state index is -2.53. The summed E-state index contributed by atoms with van der Waals surface area (Å²) in [5.74, 6) is -2.31. The lowest BCUT2D eigenvalue weighted by Gasteiger charge is -2.35. The first kappa shape index (κ1) is 21.2. The van der Waals surface area contributed by atoms with Crippen LogP contribution in [0.15, 0.2) is 24.3 Å². The van der Waals surface area contributed by atoms with E-state index in [1.807, 2.05) is 19.1 Å². The summed E-state index contributed by atoms with van der Waals surface area (Å²) < 4.78 is 29.1. The zero-order valence-electron chi connectivity index (χ0n) is 17.6. The summed E-state index contributed by atoms with van der Waals surface area (Å²) in [5.41, 5.74) is 3.07. The van der Waals surface area contributed by atoms with Gasteiger partial charge in [-0.25, -0.2) is 8.78 Å². The van der Waals surface area contributed by atoms with Crippen molar-refractivity contribution in [3.63, 3.8) is 0 Å². The van der Waals surface area contributed by atoms with Gasteiger partial charge in [-0.3, -0.25) is 9.48 Å². The van der Waals surface area contributed by atoms with Gasteiger partial charge in [-0.05, 0) is 84.7 Å². The topological polar surface area (TPSA) is 50.2 Å². The van der Waals surface area contributed by atoms with Crippen LogP contribution in [0.4, 0.5) is 20.3 Å². The average molecular weight is 540 g/mol. The largest absolute Gasteiger partial charge is 0.371 e. The summed E-state index contributed by atoms with van der Waals surface area (Å²) in [6, 6.07) is 7.72. The van der Waals surface area contributed by atoms with E-state index < -0.39 is 5.92 Å². The molecule has 2 heterocycles. The maximum Gasteiger partial charge on any atom is 0.258 e. The Morgan fingerprint density at radius 2 is 1.90 bits per heavy atom. The van der Waals surface area contributed by atoms with Crippen molar-refractivity contribution in [3.8, 4) is 0 Å². The van der Waals surface area contributed by atoms with E-state index in [-0.39, 0.29) is 24.7 Å². The molecule has 1 amide bonds. The van der Waals surface area contributed by atoms with Crippen LogP contribution in [-0.4, -0.2) is 34.7 Å². The van der Waals surface area contributed by atoms with Crippen molar-refractivity contribution in [1.82, 2.24) is 9.78 Å². The summed E-state index contributed by atoms with van der Waals surface area (Å²) in [4.78, 5) is 15.5. The second-order valence-corrected chi connectivity index (χ2v) is 10.8. The van der Waals surface area contributed by atoms with Gasteiger partial charge in [0, 0.05) is 47.8 Å². The Kier molecular flexibility index (Phi) is 5.26. The fraction of sp³-hybridized carbons (Fsp3) is 0.565. The molecule has 2 aliphatic carbocycles. The molecule has 5 nitrogen and oxygen atoms in total. The SMILES string of the molecule is Cc1cc(NC(=O)c2ccc(I)cc2N2CCC3(CC2)CC3)nn1CC1CC(F)(F)C1. The van der Waals surface area contributed by atoms with E-state index >= 15 is 0 Å². The molecule has 8 heteroatoms. The summed E-state index contributed by atoms with van der Waals surface area (Å²) in [6.45, 7) is 4.32. The molecule has 1 spiro atoms. The molecular formula is C23H27F2IN4O. The Bertz CT molecular complexity index is 999. The maximum atomic E-state index is 13.1. The zero-order chi connectivity index (χ0) is 21.8. The van der Waals surface area contributed by atoms with Crippen LogP contribution in [0.3, 0.4) is 0 Å². The molecule has 3 fully saturated rings. The van der Waals surface area contributed by atoms with E-state index in [2.05, 4.69) is 44.0 Å². The molecule has 0 atom stereocenters. The monoisotopic (exact) mass is 540 g/mol. The molecule has 31 heavy (non-hydrogen) atoms. The van der Waals surface area contributed by atoms with Crippen molar-refractivity contribution in [1.29, 1.82) is 0 Å². The number of alkyl halides is 2. The fourth-order valence-electron chi connectivity index (χ4n) is 4.96. The van der Waals surface area contributed by atoms with Crippen LogP contribution in [0.1, 0.15) is 54.6 Å². The summed E-state index contributed by atoms with van der Waals surface area (Å²) in [7, 11) is 0. The molecule has 3 aliphatic rings. The molecule has 0 bridgehead atoms. The standard InChI is InChI=1S/C23H27F2IN4O/c1-15-10-20(28-30(15)14-16-12-23(24,25)13-16)27-21(31)18-3-2-17(26)11-19(18)29-8-6-22(4-5-22)7-9-29/h2-3,10-11,16H,4-9,12-14H2,1H3,(H,27,28,31). The Hall–Kier alpha value is -1.71. The normalized spacial score (nSPS) is 21.7. The first-order chi connectivity index (χ1) is 14.7. The first-order valence-corrected chi connectivity index (χ1v) is 12.1. The lowest BCUT2D eigenvalue weighted by molar-refractivity contribution is -0.114. The van der Waals surface area contributed by atoms with Crippen LogP contribution < -0.4 is 10.2 Å². The highest BCUT2D eigenvalue weighted by Crippen LogP contribution is 2.54. The first-order valence-electron chi connectivity index (χ1n) is 11.0. The van der Waals surface area contributed by atoms with Gasteiger partial charge in [-0.1, -0.05) is 0 Å². The van der Waals surface area contributed by atoms with Crippen molar-refractivity contribution in [2.24, 2.45) is 11.3 Å². The molecular weight excluding hydrogens is 513 g/mol. The van der Waals surface area contributed by atoms with Gasteiger partial charge in [-0.15, -0.1) is 0 Å². The van der Waals surface area contributed by atoms with Gasteiger partial charge in [0.05, 0.1) is 11.3 Å². The molecule has 1 N–H and O–H groups in total. The van der Waals surface area contributed by atoms with Crippen LogP contribution >= 0.6 is 22.6 Å². The van der Waals surface area contributed by atoms with E-state index in [1.165, 1.54) is 25.7 Å². The van der Waals surface area contributed by atoms with Gasteiger partial charge in [-0.2, -0.15) is 5.10 Å². The summed E-state index contributed by atoms with van der Waals surface area (Å²) in [6.07, 6.45) is 4.92. The molecule has 166 valence electrons. The maximum absolute atomic E-state index is 13.1. The highest BCUT2D eigenvalue weighted by molar-refractivity contribution is 14.1. The van der Waals surface area contributed by atoms with Crippen molar-refractivity contribution in [2.45, 2.75) is 57.9 Å². The summed E-state index contributed by atoms with van der Waals surface area (Å²) in [5, 5.41) is 7.38. The Labute approximate surface area is 194 Å². The Balaban J connectivity index is 1.29. The minimum absolute atomic E-state index is 0.0613. The van der Waals surface area contributed by atoms with Gasteiger partial charge in [0.15, 0.2) is 5.82 Å². The minimum Gasteiger partial charge on any atom is -0.371 e. The van der Waals surface area contributed by atoms with Crippen molar-refractivity contribution < 1.29 is 13.6 Å². The Morgan fingerprint density at radius 3 is 2.55 bits per heavy atom. The number of amides is 1. The van der Waals surface area contributed by atoms with Crippen molar-refractivity contribution >= 4 is 40.0 Å². The van der Waals surface area contributed by atoms with E-state index in [9.17, 15) is 13.6 Å². The van der Waals surface area contributed by atoms with Gasteiger partial charge < -0.3 is 10.2 Å². The van der Waals surface area contributed by atoms with Crippen molar-refractivity contribution in [3.05, 3.63) is 39.1 Å². The zero-order valence-corrected chi connectivity index (χ0v) is 19.8. The van der Waals surface area contributed by atoms with E-state index in [1.54, 1.807) is 10.7 Å². The van der Waals surface area contributed by atoms with Gasteiger partial charge in [0.1, 0.15) is 0 Å². The van der Waals surface area contributed by atoms with Gasteiger partial charge in [0.25, 0.3) is 5.91 Å². The smallest absolute Gasteiger partial charge is 0.258 e. The summed E-state index contributed by atoms with van der Waals surface area (Å²) >= 11 is 2.29. The highest BCUT2D eigenvalue weighted by atomic mass is 127. The number of nitrogens with zero attached hydrogens (tertiary/aromatic N) is 3. The van der Waals surface area contributed by atoms with Gasteiger partial charge in [0.2, 0.25) is 5.92 Å². The number of piperidine rings is 1. The number of benzene rings is 1. The second-order valence-electron chi connectivity index (χ2n) is 9.59. The molecule has 5 rings (SSSR count). The molecule has 1 saturated heterocycles. The number of hydrogen-bond donors (Lipinski definition) is 1. The number of aromatic nitrogens is 2. The number of carbonyl (C=O) groups excluding carboxylic acids is 1. The predicted octanol–water partition coefficient (Wildman–Crippen LogP) is 5.47. The van der Waals surface area contributed by atoms with E-state index in [0.717, 1.165) is 28.0 Å². The van der Waals surface area contributed by atoms with Crippen LogP contribution in [0, 0.1) is 21.8 Å². The number of aryl methyl sites for hydroxylation is 1. The lowest BCUT2D eigenvalue weighted by Crippen LogP contribution is -2.38. The van der Waals surface area contributed by atoms with Crippen molar-refractivity contribution in [2.75, 3.05) is 23.3 Å². The molecule has 0 radical (unpaired) electrons. The molecule has 1 aromatic carbocycles. The van der Waals surface area contributed by atoms with Crippen LogP contribution in [0.25, 0.3) is 0 Å². The van der Waals surface area contributed by atoms with Crippen LogP contribution in [0.2, 0.25) is 0 Å². The number of anilines is 2. The third-order valence-corrected chi connectivity index (χ3v) is 7.83. The highest BCUT2D eigenvalue weighted by Gasteiger charge is 2.46. The third-order valence-electron chi connectivity index (χ3n) is 7.15. The Morgan fingerprint density at radius 1 is 1.19 bits per heavy atom. The van der Waals surface area contributed by atoms with E-state index in [4.69, 9.17) is 0 Å². The second kappa shape index (κ2) is 7.71. The predicted molar refractivity (Wildman–Crippen MR) is 125 cm³/mol. The number of carbonyl (C=O) groups is 1. The number of halogens is 3. The molecule has 2 aromatic rings. The fourth-order valence-corrected chi connectivity index (χ4v) is 5.43. The van der Waals surface area contributed by atoms with Crippen LogP contribution in [0.5, 0.6) is 0 Å². The average Bonchev–Trinajstić information content (AvgIpc) is 3.36. The number of hydrogen-bond acceptors (Lipinski definition) is 3. The molecule has 2 saturated carbocycles. The quantitative estimate of drug-likeness (QED) is 0.512. The number of rotatable bonds is 5. The van der Waals surface area contributed by atoms with E-state index in [0.29, 0.717) is 23.3 Å². The van der Waals surface area contributed by atoms with Crippen LogP contribution in [-0.2, 0) is 6.54 Å².